The van der Waals surface area contributed by atoms with Crippen molar-refractivity contribution in [3.63, 3.8) is 0 Å². The van der Waals surface area contributed by atoms with Gasteiger partial charge in [0.05, 0.1) is 32.4 Å². The number of nitrogen functional groups attached to an aromatic ring is 1. The molecular formula is C19H18N8O5S. The van der Waals surface area contributed by atoms with Gasteiger partial charge in [-0.1, -0.05) is 11.3 Å². The van der Waals surface area contributed by atoms with E-state index in [-0.39, 0.29) is 17.3 Å². The zero-order chi connectivity index (χ0) is 23.4. The maximum absolute atomic E-state index is 12.9. The zero-order valence-corrected chi connectivity index (χ0v) is 18.5. The molecule has 33 heavy (non-hydrogen) atoms. The lowest BCUT2D eigenvalue weighted by Crippen LogP contribution is -2.19. The van der Waals surface area contributed by atoms with Gasteiger partial charge in [-0.3, -0.25) is 4.79 Å². The lowest BCUT2D eigenvalue weighted by atomic mass is 10.2. The summed E-state index contributed by atoms with van der Waals surface area (Å²) in [4.78, 5) is 13.6. The molecule has 3 N–H and O–H groups in total. The van der Waals surface area contributed by atoms with Crippen molar-refractivity contribution in [3.05, 3.63) is 40.9 Å². The second kappa shape index (κ2) is 9.35. The molecule has 0 aliphatic heterocycles. The summed E-state index contributed by atoms with van der Waals surface area (Å²) in [5.74, 6) is 0.808. The van der Waals surface area contributed by atoms with Gasteiger partial charge >= 0.3 is 0 Å². The standard InChI is InChI=1S/C19H18N8O5S/c1-29-11-7-6-10(15(30-2)16(11)31-3)9-21-23-19(28)13-14(12-5-4-8-33-12)27(26-22-13)18-17(20)24-32-25-18/h4-9H,1-3H3,(H2,20,24)(H,23,28)/b21-9+. The SMILES string of the molecule is COc1ccc(/C=N/NC(=O)c2nnn(-c3nonc3N)c2-c2cccs2)c(OC)c1OC. The number of ether oxygens (including phenoxy) is 3. The van der Waals surface area contributed by atoms with E-state index < -0.39 is 5.91 Å². The topological polar surface area (TPSA) is 165 Å². The number of thiophene rings is 1. The first-order chi connectivity index (χ1) is 16.1. The van der Waals surface area contributed by atoms with Crippen molar-refractivity contribution >= 4 is 29.3 Å². The molecule has 0 fully saturated rings. The van der Waals surface area contributed by atoms with Gasteiger partial charge in [0.1, 0.15) is 5.69 Å². The normalized spacial score (nSPS) is 11.0. The number of methoxy groups -OCH3 is 3. The fraction of sp³-hybridized carbons (Fsp3) is 0.158. The monoisotopic (exact) mass is 470 g/mol. The van der Waals surface area contributed by atoms with Crippen LogP contribution < -0.4 is 25.4 Å². The summed E-state index contributed by atoms with van der Waals surface area (Å²) in [6, 6.07) is 7.04. The van der Waals surface area contributed by atoms with Crippen LogP contribution in [0.4, 0.5) is 5.82 Å². The summed E-state index contributed by atoms with van der Waals surface area (Å²) >= 11 is 1.38. The number of anilines is 1. The first kappa shape index (κ1) is 21.8. The Morgan fingerprint density at radius 3 is 2.64 bits per heavy atom. The minimum Gasteiger partial charge on any atom is -0.493 e. The van der Waals surface area contributed by atoms with Crippen LogP contribution in [0.1, 0.15) is 16.1 Å². The molecule has 0 radical (unpaired) electrons. The van der Waals surface area contributed by atoms with Crippen LogP contribution in [0.3, 0.4) is 0 Å². The highest BCUT2D eigenvalue weighted by molar-refractivity contribution is 7.13. The van der Waals surface area contributed by atoms with E-state index in [0.29, 0.717) is 33.4 Å². The highest BCUT2D eigenvalue weighted by Crippen LogP contribution is 2.39. The molecule has 4 rings (SSSR count). The first-order valence-electron chi connectivity index (χ1n) is 9.29. The molecule has 3 aromatic heterocycles. The van der Waals surface area contributed by atoms with Gasteiger partial charge in [-0.05, 0) is 33.9 Å². The van der Waals surface area contributed by atoms with Crippen LogP contribution in [0.2, 0.25) is 0 Å². The number of amides is 1. The molecule has 0 aliphatic carbocycles. The third-order valence-electron chi connectivity index (χ3n) is 4.44. The third-order valence-corrected chi connectivity index (χ3v) is 5.32. The number of carbonyl (C=O) groups excluding carboxylic acids is 1. The maximum Gasteiger partial charge on any atom is 0.294 e. The lowest BCUT2D eigenvalue weighted by Gasteiger charge is -2.13. The van der Waals surface area contributed by atoms with E-state index in [1.165, 1.54) is 43.6 Å². The van der Waals surface area contributed by atoms with Crippen molar-refractivity contribution in [3.8, 4) is 33.6 Å². The van der Waals surface area contributed by atoms with Gasteiger partial charge in [-0.2, -0.15) is 9.78 Å². The second-order valence-electron chi connectivity index (χ2n) is 6.27. The number of rotatable bonds is 8. The summed E-state index contributed by atoms with van der Waals surface area (Å²) in [6.07, 6.45) is 1.41. The van der Waals surface area contributed by atoms with Crippen molar-refractivity contribution in [2.75, 3.05) is 27.1 Å². The highest BCUT2D eigenvalue weighted by atomic mass is 32.1. The minimum absolute atomic E-state index is 0.00299. The molecule has 3 heterocycles. The van der Waals surface area contributed by atoms with E-state index in [2.05, 4.69) is 35.8 Å². The quantitative estimate of drug-likeness (QED) is 0.286. The predicted octanol–water partition coefficient (Wildman–Crippen LogP) is 1.75. The molecule has 1 amide bonds. The van der Waals surface area contributed by atoms with Crippen molar-refractivity contribution in [2.24, 2.45) is 5.10 Å². The van der Waals surface area contributed by atoms with Gasteiger partial charge < -0.3 is 19.9 Å². The van der Waals surface area contributed by atoms with Crippen LogP contribution in [0.5, 0.6) is 17.2 Å². The van der Waals surface area contributed by atoms with Gasteiger partial charge in [0.25, 0.3) is 5.91 Å². The Morgan fingerprint density at radius 1 is 1.18 bits per heavy atom. The van der Waals surface area contributed by atoms with Crippen molar-refractivity contribution in [1.82, 2.24) is 30.7 Å². The molecule has 0 spiro atoms. The third kappa shape index (κ3) is 4.06. The van der Waals surface area contributed by atoms with Crippen LogP contribution in [0, 0.1) is 0 Å². The minimum atomic E-state index is -0.602. The number of hydrogen-bond donors (Lipinski definition) is 2. The number of aromatic nitrogens is 5. The molecule has 0 saturated heterocycles. The van der Waals surface area contributed by atoms with Crippen molar-refractivity contribution in [1.29, 1.82) is 0 Å². The van der Waals surface area contributed by atoms with E-state index in [4.69, 9.17) is 19.9 Å². The number of nitrogens with two attached hydrogens (primary N) is 1. The van der Waals surface area contributed by atoms with Crippen LogP contribution >= 0.6 is 11.3 Å². The molecule has 4 aromatic rings. The molecule has 0 unspecified atom stereocenters. The van der Waals surface area contributed by atoms with Crippen LogP contribution in [-0.4, -0.2) is 58.8 Å². The van der Waals surface area contributed by atoms with E-state index in [1.807, 2.05) is 11.4 Å². The number of benzene rings is 1. The number of carbonyl (C=O) groups is 1. The van der Waals surface area contributed by atoms with Crippen LogP contribution in [0.15, 0.2) is 39.4 Å². The predicted molar refractivity (Wildman–Crippen MR) is 118 cm³/mol. The Bertz CT molecular complexity index is 1300. The number of hydrazone groups is 1. The summed E-state index contributed by atoms with van der Waals surface area (Å²) < 4.78 is 22.0. The van der Waals surface area contributed by atoms with Gasteiger partial charge in [0, 0.05) is 5.56 Å². The van der Waals surface area contributed by atoms with Crippen molar-refractivity contribution in [2.45, 2.75) is 0 Å². The summed E-state index contributed by atoms with van der Waals surface area (Å²) in [5, 5.41) is 21.1. The van der Waals surface area contributed by atoms with E-state index in [1.54, 1.807) is 18.2 Å². The average Bonchev–Trinajstić information content (AvgIpc) is 3.58. The largest absolute Gasteiger partial charge is 0.493 e. The van der Waals surface area contributed by atoms with Gasteiger partial charge in [-0.15, -0.1) is 16.4 Å². The summed E-state index contributed by atoms with van der Waals surface area (Å²) in [5.41, 5.74) is 9.16. The van der Waals surface area contributed by atoms with Gasteiger partial charge in [-0.25, -0.2) is 10.1 Å². The molecule has 0 atom stereocenters. The van der Waals surface area contributed by atoms with E-state index >= 15 is 0 Å². The Balaban J connectivity index is 1.64. The fourth-order valence-corrected chi connectivity index (χ4v) is 3.75. The Morgan fingerprint density at radius 2 is 2.00 bits per heavy atom. The van der Waals surface area contributed by atoms with Gasteiger partial charge in [0.15, 0.2) is 17.2 Å². The molecule has 13 nitrogen and oxygen atoms in total. The number of hydrogen-bond acceptors (Lipinski definition) is 12. The summed E-state index contributed by atoms with van der Waals surface area (Å²) in [7, 11) is 4.51. The van der Waals surface area contributed by atoms with E-state index in [9.17, 15) is 4.79 Å². The first-order valence-corrected chi connectivity index (χ1v) is 10.2. The lowest BCUT2D eigenvalue weighted by molar-refractivity contribution is 0.0950. The Hall–Kier alpha value is -4.46. The molecule has 14 heteroatoms. The number of nitrogens with zero attached hydrogens (tertiary/aromatic N) is 6. The maximum atomic E-state index is 12.9. The zero-order valence-electron chi connectivity index (χ0n) is 17.7. The second-order valence-corrected chi connectivity index (χ2v) is 7.22. The molecule has 0 bridgehead atoms. The van der Waals surface area contributed by atoms with Gasteiger partial charge in [0.2, 0.25) is 17.4 Å². The Kier molecular flexibility index (Phi) is 6.17. The van der Waals surface area contributed by atoms with Crippen LogP contribution in [-0.2, 0) is 0 Å². The molecule has 1 aromatic carbocycles. The molecule has 0 aliphatic rings. The molecule has 0 saturated carbocycles. The fourth-order valence-electron chi connectivity index (χ4n) is 2.99. The van der Waals surface area contributed by atoms with E-state index in [0.717, 1.165) is 0 Å². The summed E-state index contributed by atoms with van der Waals surface area (Å²) in [6.45, 7) is 0. The Labute approximate surface area is 190 Å². The highest BCUT2D eigenvalue weighted by Gasteiger charge is 2.25. The van der Waals surface area contributed by atoms with Crippen molar-refractivity contribution < 1.29 is 23.6 Å². The molecular weight excluding hydrogens is 452 g/mol. The van der Waals surface area contributed by atoms with Crippen LogP contribution in [0.25, 0.3) is 16.4 Å². The average molecular weight is 470 g/mol. The molecule has 170 valence electrons. The number of nitrogens with one attached hydrogen (secondary N) is 1. The smallest absolute Gasteiger partial charge is 0.294 e.